The van der Waals surface area contributed by atoms with Gasteiger partial charge in [-0.25, -0.2) is 8.78 Å². The zero-order chi connectivity index (χ0) is 20.2. The van der Waals surface area contributed by atoms with Crippen LogP contribution in [0.15, 0.2) is 0 Å². The van der Waals surface area contributed by atoms with Gasteiger partial charge in [0, 0.05) is 7.11 Å². The Kier molecular flexibility index (Phi) is 11.0. The van der Waals surface area contributed by atoms with Crippen molar-refractivity contribution in [2.24, 2.45) is 0 Å². The zero-order valence-electron chi connectivity index (χ0n) is 15.7. The molecule has 0 aliphatic heterocycles. The van der Waals surface area contributed by atoms with Crippen LogP contribution < -0.4 is 4.74 Å². The third-order valence-corrected chi connectivity index (χ3v) is 3.65. The molecule has 0 N–H and O–H groups in total. The van der Waals surface area contributed by atoms with Crippen LogP contribution in [0.5, 0.6) is 5.75 Å². The van der Waals surface area contributed by atoms with Crippen LogP contribution >= 0.6 is 0 Å². The van der Waals surface area contributed by atoms with E-state index in [9.17, 15) is 18.0 Å². The maximum atomic E-state index is 14.0. The minimum absolute atomic E-state index is 0.0247. The topological polar surface area (TPSA) is 63.2 Å². The molecule has 0 aromatic heterocycles. The maximum absolute atomic E-state index is 14.0. The number of rotatable bonds is 13. The van der Waals surface area contributed by atoms with Gasteiger partial charge in [-0.1, -0.05) is 0 Å². The van der Waals surface area contributed by atoms with Gasteiger partial charge in [-0.05, 0) is 25.0 Å². The van der Waals surface area contributed by atoms with E-state index in [2.05, 4.69) is 4.74 Å². The van der Waals surface area contributed by atoms with Crippen molar-refractivity contribution in [3.05, 3.63) is 28.6 Å². The van der Waals surface area contributed by atoms with Gasteiger partial charge in [0.25, 0.3) is 0 Å². The van der Waals surface area contributed by atoms with Gasteiger partial charge >= 0.3 is 5.97 Å². The molecule has 0 fully saturated rings. The molecule has 0 saturated carbocycles. The van der Waals surface area contributed by atoms with Gasteiger partial charge in [0.05, 0.1) is 52.7 Å². The monoisotopic (exact) mass is 394 g/mol. The molecule has 9 heteroatoms. The summed E-state index contributed by atoms with van der Waals surface area (Å²) in [5.74, 6) is -5.82. The largest absolute Gasteiger partial charge is 0.420 e. The lowest BCUT2D eigenvalue weighted by Crippen LogP contribution is -2.16. The molecule has 6 nitrogen and oxygen atoms in total. The van der Waals surface area contributed by atoms with Crippen LogP contribution in [-0.4, -0.2) is 59.3 Å². The van der Waals surface area contributed by atoms with Gasteiger partial charge in [0.2, 0.25) is 11.6 Å². The molecule has 1 aromatic carbocycles. The van der Waals surface area contributed by atoms with Gasteiger partial charge in [-0.2, -0.15) is 4.39 Å². The van der Waals surface area contributed by atoms with Crippen LogP contribution in [0, 0.1) is 31.3 Å². The fourth-order valence-corrected chi connectivity index (χ4v) is 1.95. The average Bonchev–Trinajstić information content (AvgIpc) is 2.66. The van der Waals surface area contributed by atoms with Gasteiger partial charge in [-0.3, -0.25) is 4.79 Å². The summed E-state index contributed by atoms with van der Waals surface area (Å²) in [5.41, 5.74) is -0.284. The van der Waals surface area contributed by atoms with E-state index < -0.39 is 29.2 Å². The van der Waals surface area contributed by atoms with Crippen molar-refractivity contribution in [2.45, 2.75) is 20.3 Å². The Bertz CT molecular complexity index is 580. The van der Waals surface area contributed by atoms with E-state index in [1.165, 1.54) is 13.8 Å². The van der Waals surface area contributed by atoms with E-state index in [4.69, 9.17) is 18.9 Å². The number of halogens is 3. The Morgan fingerprint density at radius 1 is 0.741 bits per heavy atom. The molecule has 0 aliphatic carbocycles. The van der Waals surface area contributed by atoms with Gasteiger partial charge in [0.15, 0.2) is 11.6 Å². The summed E-state index contributed by atoms with van der Waals surface area (Å²) in [6.07, 6.45) is -0.243. The number of carbonyl (C=O) groups excluding carboxylic acids is 1. The van der Waals surface area contributed by atoms with Gasteiger partial charge in [0.1, 0.15) is 0 Å². The second-order valence-corrected chi connectivity index (χ2v) is 5.58. The van der Waals surface area contributed by atoms with Crippen LogP contribution in [0.3, 0.4) is 0 Å². The first-order chi connectivity index (χ1) is 12.9. The summed E-state index contributed by atoms with van der Waals surface area (Å²) in [6.45, 7) is 4.85. The number of carbonyl (C=O) groups is 1. The fraction of sp³-hybridized carbons (Fsp3) is 0.611. The second kappa shape index (κ2) is 12.7. The smallest absolute Gasteiger partial charge is 0.313 e. The van der Waals surface area contributed by atoms with Crippen molar-refractivity contribution >= 4 is 5.97 Å². The summed E-state index contributed by atoms with van der Waals surface area (Å²) in [4.78, 5) is 11.7. The van der Waals surface area contributed by atoms with Crippen LogP contribution in [-0.2, 0) is 23.7 Å². The molecule has 0 heterocycles. The fourth-order valence-electron chi connectivity index (χ4n) is 1.95. The van der Waals surface area contributed by atoms with Crippen molar-refractivity contribution in [2.75, 3.05) is 53.4 Å². The van der Waals surface area contributed by atoms with Crippen LogP contribution in [0.1, 0.15) is 17.5 Å². The Balaban J connectivity index is 2.22. The van der Waals surface area contributed by atoms with Crippen molar-refractivity contribution in [1.82, 2.24) is 0 Å². The lowest BCUT2D eigenvalue weighted by Gasteiger charge is -2.12. The number of ether oxygens (including phenoxy) is 5. The normalized spacial score (nSPS) is 11.0. The quantitative estimate of drug-likeness (QED) is 0.222. The van der Waals surface area contributed by atoms with Crippen LogP contribution in [0.25, 0.3) is 0 Å². The summed E-state index contributed by atoms with van der Waals surface area (Å²) in [6, 6.07) is 0. The van der Waals surface area contributed by atoms with E-state index in [-0.39, 0.29) is 30.8 Å². The number of hydrogen-bond donors (Lipinski definition) is 0. The van der Waals surface area contributed by atoms with E-state index >= 15 is 0 Å². The molecular weight excluding hydrogens is 369 g/mol. The van der Waals surface area contributed by atoms with E-state index in [1.54, 1.807) is 7.11 Å². The Hall–Kier alpha value is -1.68. The highest BCUT2D eigenvalue weighted by atomic mass is 19.2. The van der Waals surface area contributed by atoms with Gasteiger partial charge in [-0.15, -0.1) is 0 Å². The first-order valence-corrected chi connectivity index (χ1v) is 8.46. The maximum Gasteiger partial charge on any atom is 0.313 e. The molecule has 0 bridgehead atoms. The SMILES string of the molecule is COCCOCCOCCOCCC(=O)Oc1c(F)c(C)c(C)c(F)c1F. The van der Waals surface area contributed by atoms with Crippen molar-refractivity contribution in [3.8, 4) is 5.75 Å². The van der Waals surface area contributed by atoms with E-state index in [1.807, 2.05) is 0 Å². The van der Waals surface area contributed by atoms with Crippen molar-refractivity contribution in [1.29, 1.82) is 0 Å². The zero-order valence-corrected chi connectivity index (χ0v) is 15.7. The number of esters is 1. The molecular formula is C18H25F3O6. The molecule has 0 radical (unpaired) electrons. The molecule has 0 amide bonds. The molecule has 0 aliphatic rings. The highest BCUT2D eigenvalue weighted by molar-refractivity contribution is 5.72. The summed E-state index contributed by atoms with van der Waals surface area (Å²) in [7, 11) is 1.58. The predicted octanol–water partition coefficient (Wildman–Crippen LogP) is 2.71. The summed E-state index contributed by atoms with van der Waals surface area (Å²) in [5, 5.41) is 0. The molecule has 0 unspecified atom stereocenters. The first kappa shape index (κ1) is 23.4. The van der Waals surface area contributed by atoms with Crippen molar-refractivity contribution in [3.63, 3.8) is 0 Å². The van der Waals surface area contributed by atoms with E-state index in [0.717, 1.165) is 0 Å². The summed E-state index contributed by atoms with van der Waals surface area (Å²) >= 11 is 0. The molecule has 0 spiro atoms. The summed E-state index contributed by atoms with van der Waals surface area (Å²) < 4.78 is 66.4. The minimum Gasteiger partial charge on any atom is -0.420 e. The third-order valence-electron chi connectivity index (χ3n) is 3.65. The Morgan fingerprint density at radius 3 is 1.78 bits per heavy atom. The lowest BCUT2D eigenvalue weighted by molar-refractivity contribution is -0.136. The van der Waals surface area contributed by atoms with E-state index in [0.29, 0.717) is 33.0 Å². The molecule has 1 rings (SSSR count). The Labute approximate surface area is 156 Å². The second-order valence-electron chi connectivity index (χ2n) is 5.58. The first-order valence-electron chi connectivity index (χ1n) is 8.46. The minimum atomic E-state index is -1.52. The lowest BCUT2D eigenvalue weighted by atomic mass is 10.1. The molecule has 154 valence electrons. The molecule has 0 saturated heterocycles. The molecule has 0 atom stereocenters. The number of hydrogen-bond acceptors (Lipinski definition) is 6. The van der Waals surface area contributed by atoms with Crippen LogP contribution in [0.2, 0.25) is 0 Å². The highest BCUT2D eigenvalue weighted by Gasteiger charge is 2.23. The third kappa shape index (κ3) is 7.84. The predicted molar refractivity (Wildman–Crippen MR) is 90.4 cm³/mol. The average molecular weight is 394 g/mol. The highest BCUT2D eigenvalue weighted by Crippen LogP contribution is 2.30. The van der Waals surface area contributed by atoms with Gasteiger partial charge < -0.3 is 23.7 Å². The molecule has 27 heavy (non-hydrogen) atoms. The van der Waals surface area contributed by atoms with Crippen molar-refractivity contribution < 1.29 is 41.7 Å². The standard InChI is InChI=1S/C18H25F3O6/c1-12-13(2)16(20)18(17(21)15(12)19)27-14(22)4-5-24-8-9-26-11-10-25-7-6-23-3/h4-11H2,1-3H3. The number of methoxy groups -OCH3 is 1. The number of benzene rings is 1. The Morgan fingerprint density at radius 2 is 1.22 bits per heavy atom. The van der Waals surface area contributed by atoms with Crippen LogP contribution in [0.4, 0.5) is 13.2 Å². The molecule has 1 aromatic rings.